The number of rotatable bonds is 2. The van der Waals surface area contributed by atoms with Gasteiger partial charge in [-0.25, -0.2) is 4.21 Å². The Hall–Kier alpha value is -1.13. The van der Waals surface area contributed by atoms with Gasteiger partial charge in [-0.1, -0.05) is 12.1 Å². The van der Waals surface area contributed by atoms with Crippen molar-refractivity contribution in [3.05, 3.63) is 35.8 Å². The lowest BCUT2D eigenvalue weighted by Gasteiger charge is -1.97. The Labute approximate surface area is 84.0 Å². The van der Waals surface area contributed by atoms with E-state index >= 15 is 0 Å². The summed E-state index contributed by atoms with van der Waals surface area (Å²) in [6, 6.07) is 5.63. The summed E-state index contributed by atoms with van der Waals surface area (Å²) in [5.74, 6) is 1.04. The van der Waals surface area contributed by atoms with Crippen LogP contribution >= 0.6 is 0 Å². The van der Waals surface area contributed by atoms with Crippen LogP contribution in [0, 0.1) is 6.92 Å². The van der Waals surface area contributed by atoms with Crippen molar-refractivity contribution in [2.24, 2.45) is 0 Å². The van der Waals surface area contributed by atoms with Crippen LogP contribution in [0.15, 0.2) is 28.9 Å². The summed E-state index contributed by atoms with van der Waals surface area (Å²) >= 11 is -1.78. The van der Waals surface area contributed by atoms with Crippen molar-refractivity contribution in [1.82, 2.24) is 0 Å². The number of aryl methyl sites for hydroxylation is 1. The molecule has 0 aliphatic carbocycles. The summed E-state index contributed by atoms with van der Waals surface area (Å²) in [6.07, 6.45) is 1.66. The van der Waals surface area contributed by atoms with Crippen molar-refractivity contribution in [2.45, 2.75) is 12.7 Å². The molecule has 1 aromatic heterocycles. The molecule has 74 valence electrons. The second kappa shape index (κ2) is 3.55. The first kappa shape index (κ1) is 9.43. The zero-order chi connectivity index (χ0) is 10.1. The lowest BCUT2D eigenvalue weighted by molar-refractivity contribution is 0.539. The fourth-order valence-electron chi connectivity index (χ4n) is 1.48. The molecule has 14 heavy (non-hydrogen) atoms. The Morgan fingerprint density at radius 1 is 1.50 bits per heavy atom. The molecule has 1 unspecified atom stereocenters. The topological polar surface area (TPSA) is 50.4 Å². The van der Waals surface area contributed by atoms with E-state index in [4.69, 9.17) is 8.97 Å². The van der Waals surface area contributed by atoms with Gasteiger partial charge in [0.05, 0.1) is 12.0 Å². The molecule has 1 aromatic carbocycles. The first-order valence-corrected chi connectivity index (χ1v) is 5.48. The van der Waals surface area contributed by atoms with Gasteiger partial charge in [0.1, 0.15) is 5.76 Å². The highest BCUT2D eigenvalue weighted by molar-refractivity contribution is 7.78. The smallest absolute Gasteiger partial charge is 0.157 e. The second-order valence-corrected chi connectivity index (χ2v) is 4.11. The molecule has 1 heterocycles. The number of fused-ring (bicyclic) bond motifs is 1. The molecule has 1 atom stereocenters. The van der Waals surface area contributed by atoms with Crippen molar-refractivity contribution in [2.75, 3.05) is 0 Å². The molecule has 1 N–H and O–H groups in total. The van der Waals surface area contributed by atoms with E-state index in [9.17, 15) is 4.21 Å². The van der Waals surface area contributed by atoms with Crippen LogP contribution in [0.1, 0.15) is 11.3 Å². The van der Waals surface area contributed by atoms with Crippen LogP contribution in [0.3, 0.4) is 0 Å². The molecule has 0 bridgehead atoms. The van der Waals surface area contributed by atoms with Gasteiger partial charge in [0.25, 0.3) is 0 Å². The highest BCUT2D eigenvalue weighted by Gasteiger charge is 2.04. The molecule has 2 rings (SSSR count). The summed E-state index contributed by atoms with van der Waals surface area (Å²) in [5, 5.41) is 2.03. The first-order chi connectivity index (χ1) is 6.66. The Morgan fingerprint density at radius 3 is 3.00 bits per heavy atom. The highest BCUT2D eigenvalue weighted by Crippen LogP contribution is 2.21. The maximum absolute atomic E-state index is 10.6. The lowest BCUT2D eigenvalue weighted by atomic mass is 10.1. The van der Waals surface area contributed by atoms with Crippen LogP contribution in [0.25, 0.3) is 10.8 Å². The third-order valence-corrected chi connectivity index (χ3v) is 2.73. The molecule has 0 aliphatic rings. The molecule has 0 aliphatic heterocycles. The maximum atomic E-state index is 10.6. The van der Waals surface area contributed by atoms with Crippen molar-refractivity contribution >= 4 is 21.9 Å². The Morgan fingerprint density at radius 2 is 2.29 bits per heavy atom. The molecule has 4 heteroatoms. The predicted octanol–water partition coefficient (Wildman–Crippen LogP) is 2.46. The van der Waals surface area contributed by atoms with E-state index in [0.29, 0.717) is 0 Å². The van der Waals surface area contributed by atoms with Crippen molar-refractivity contribution in [1.29, 1.82) is 0 Å². The summed E-state index contributed by atoms with van der Waals surface area (Å²) in [4.78, 5) is 0. The van der Waals surface area contributed by atoms with Crippen LogP contribution in [0.5, 0.6) is 0 Å². The standard InChI is InChI=1S/C10H10O3S/c1-7-10-3-2-8(6-14(11)12)4-9(10)5-13-7/h2-5H,6H2,1H3,(H,11,12). The molecule has 0 saturated heterocycles. The Kier molecular flexibility index (Phi) is 2.39. The number of benzene rings is 1. The van der Waals surface area contributed by atoms with Gasteiger partial charge < -0.3 is 8.97 Å². The van der Waals surface area contributed by atoms with Gasteiger partial charge in [-0.3, -0.25) is 0 Å². The predicted molar refractivity (Wildman–Crippen MR) is 55.4 cm³/mol. The van der Waals surface area contributed by atoms with E-state index in [2.05, 4.69) is 0 Å². The number of hydrogen-bond donors (Lipinski definition) is 1. The molecule has 0 saturated carbocycles. The molecule has 3 nitrogen and oxygen atoms in total. The van der Waals surface area contributed by atoms with Gasteiger partial charge in [0, 0.05) is 10.8 Å². The lowest BCUT2D eigenvalue weighted by Crippen LogP contribution is -1.91. The SMILES string of the molecule is Cc1occ2cc(CS(=O)O)ccc12. The van der Waals surface area contributed by atoms with Crippen LogP contribution in [-0.4, -0.2) is 8.76 Å². The van der Waals surface area contributed by atoms with Gasteiger partial charge in [-0.15, -0.1) is 0 Å². The van der Waals surface area contributed by atoms with Gasteiger partial charge >= 0.3 is 0 Å². The van der Waals surface area contributed by atoms with E-state index in [1.165, 1.54) is 0 Å². The summed E-state index contributed by atoms with van der Waals surface area (Å²) in [5.41, 5.74) is 0.846. The molecule has 0 spiro atoms. The van der Waals surface area contributed by atoms with Crippen LogP contribution in [0.4, 0.5) is 0 Å². The molecule has 0 fully saturated rings. The van der Waals surface area contributed by atoms with Crippen LogP contribution in [-0.2, 0) is 16.8 Å². The van der Waals surface area contributed by atoms with Gasteiger partial charge in [0.15, 0.2) is 11.1 Å². The van der Waals surface area contributed by atoms with Gasteiger partial charge in [-0.2, -0.15) is 0 Å². The highest BCUT2D eigenvalue weighted by atomic mass is 32.2. The van der Waals surface area contributed by atoms with E-state index in [-0.39, 0.29) is 5.75 Å². The van der Waals surface area contributed by atoms with Gasteiger partial charge in [-0.05, 0) is 18.6 Å². The third kappa shape index (κ3) is 1.71. The molecule has 0 radical (unpaired) electrons. The average Bonchev–Trinajstić information content (AvgIpc) is 2.46. The summed E-state index contributed by atoms with van der Waals surface area (Å²) in [6.45, 7) is 1.90. The summed E-state index contributed by atoms with van der Waals surface area (Å²) < 4.78 is 24.6. The van der Waals surface area contributed by atoms with Crippen molar-refractivity contribution < 1.29 is 13.2 Å². The minimum atomic E-state index is -1.78. The van der Waals surface area contributed by atoms with Crippen molar-refractivity contribution in [3.63, 3.8) is 0 Å². The van der Waals surface area contributed by atoms with Crippen molar-refractivity contribution in [3.8, 4) is 0 Å². The van der Waals surface area contributed by atoms with Gasteiger partial charge in [0.2, 0.25) is 0 Å². The number of hydrogen-bond acceptors (Lipinski definition) is 2. The monoisotopic (exact) mass is 210 g/mol. The normalized spacial score (nSPS) is 13.3. The van der Waals surface area contributed by atoms with E-state index in [0.717, 1.165) is 22.1 Å². The van der Waals surface area contributed by atoms with E-state index < -0.39 is 11.1 Å². The fraction of sp³-hybridized carbons (Fsp3) is 0.200. The van der Waals surface area contributed by atoms with Crippen LogP contribution in [0.2, 0.25) is 0 Å². The molecule has 2 aromatic rings. The maximum Gasteiger partial charge on any atom is 0.157 e. The van der Waals surface area contributed by atoms with Crippen LogP contribution < -0.4 is 0 Å². The fourth-order valence-corrected chi connectivity index (χ4v) is 1.94. The molecular formula is C10H10O3S. The number of furan rings is 1. The molecule has 0 amide bonds. The average molecular weight is 210 g/mol. The third-order valence-electron chi connectivity index (χ3n) is 2.15. The minimum absolute atomic E-state index is 0.167. The largest absolute Gasteiger partial charge is 0.468 e. The zero-order valence-corrected chi connectivity index (χ0v) is 8.50. The van der Waals surface area contributed by atoms with E-state index in [1.54, 1.807) is 6.26 Å². The minimum Gasteiger partial charge on any atom is -0.468 e. The Bertz CT molecular complexity index is 487. The zero-order valence-electron chi connectivity index (χ0n) is 7.69. The van der Waals surface area contributed by atoms with E-state index in [1.807, 2.05) is 25.1 Å². The quantitative estimate of drug-likeness (QED) is 0.774. The second-order valence-electron chi connectivity index (χ2n) is 3.18. The molecular weight excluding hydrogens is 200 g/mol. The Balaban J connectivity index is 2.46. The first-order valence-electron chi connectivity index (χ1n) is 4.21. The summed E-state index contributed by atoms with van der Waals surface area (Å²) in [7, 11) is 0.